The third-order valence-corrected chi connectivity index (χ3v) is 5.90. The van der Waals surface area contributed by atoms with Gasteiger partial charge in [-0.25, -0.2) is 13.1 Å². The Bertz CT molecular complexity index is 780. The molecular weight excluding hydrogens is 344 g/mol. The van der Waals surface area contributed by atoms with Gasteiger partial charge in [-0.1, -0.05) is 0 Å². The van der Waals surface area contributed by atoms with E-state index in [1.54, 1.807) is 27.7 Å². The van der Waals surface area contributed by atoms with Crippen LogP contribution in [-0.4, -0.2) is 48.9 Å². The van der Waals surface area contributed by atoms with E-state index in [0.29, 0.717) is 18.5 Å². The molecule has 2 N–H and O–H groups in total. The molecule has 1 unspecified atom stereocenters. The van der Waals surface area contributed by atoms with Gasteiger partial charge in [-0.3, -0.25) is 9.59 Å². The molecule has 2 rings (SSSR count). The minimum Gasteiger partial charge on any atom is -0.481 e. The summed E-state index contributed by atoms with van der Waals surface area (Å²) in [6, 6.07) is 5.67. The second-order valence-corrected chi connectivity index (χ2v) is 9.40. The molecule has 0 saturated carbocycles. The molecule has 8 heteroatoms. The number of rotatable bonds is 4. The van der Waals surface area contributed by atoms with Gasteiger partial charge in [0.1, 0.15) is 0 Å². The maximum absolute atomic E-state index is 12.5. The number of hydrogen-bond acceptors (Lipinski definition) is 4. The fourth-order valence-electron chi connectivity index (χ4n) is 2.73. The molecule has 0 radical (unpaired) electrons. The predicted molar refractivity (Wildman–Crippen MR) is 92.8 cm³/mol. The van der Waals surface area contributed by atoms with Crippen molar-refractivity contribution in [3.63, 3.8) is 0 Å². The highest BCUT2D eigenvalue weighted by molar-refractivity contribution is 7.89. The smallest absolute Gasteiger partial charge is 0.311 e. The first kappa shape index (κ1) is 19.4. The molecule has 0 aromatic heterocycles. The Morgan fingerprint density at radius 3 is 2.20 bits per heavy atom. The van der Waals surface area contributed by atoms with Crippen LogP contribution in [0.2, 0.25) is 0 Å². The van der Waals surface area contributed by atoms with E-state index in [9.17, 15) is 23.1 Å². The van der Waals surface area contributed by atoms with Crippen LogP contribution in [0.25, 0.3) is 0 Å². The Balaban J connectivity index is 2.15. The average Bonchev–Trinajstić information content (AvgIpc) is 2.88. The van der Waals surface area contributed by atoms with Crippen molar-refractivity contribution in [1.29, 1.82) is 0 Å². The lowest BCUT2D eigenvalue weighted by molar-refractivity contribution is -0.147. The summed E-state index contributed by atoms with van der Waals surface area (Å²) in [4.78, 5) is 25.4. The van der Waals surface area contributed by atoms with Gasteiger partial charge < -0.3 is 10.0 Å². The lowest BCUT2D eigenvalue weighted by Gasteiger charge is -2.21. The molecule has 1 aromatic carbocycles. The van der Waals surface area contributed by atoms with Gasteiger partial charge in [0.05, 0.1) is 10.3 Å². The minimum absolute atomic E-state index is 0.0794. The molecule has 0 aliphatic carbocycles. The van der Waals surface area contributed by atoms with Crippen LogP contribution in [0.1, 0.15) is 44.5 Å². The SMILES string of the molecule is CC(C)(C)NS(=O)(=O)c1ccc(C(=O)N2CCC(C)(C(=O)O)C2)cc1. The van der Waals surface area contributed by atoms with Gasteiger partial charge in [-0.15, -0.1) is 0 Å². The molecule has 1 atom stereocenters. The normalized spacial score (nSPS) is 21.4. The molecule has 7 nitrogen and oxygen atoms in total. The van der Waals surface area contributed by atoms with E-state index >= 15 is 0 Å². The second kappa shape index (κ2) is 6.42. The van der Waals surface area contributed by atoms with Crippen LogP contribution < -0.4 is 4.72 Å². The second-order valence-electron chi connectivity index (χ2n) is 7.72. The molecule has 0 spiro atoms. The monoisotopic (exact) mass is 368 g/mol. The molecule has 1 saturated heterocycles. The van der Waals surface area contributed by atoms with Crippen molar-refractivity contribution in [2.75, 3.05) is 13.1 Å². The quantitative estimate of drug-likeness (QED) is 0.842. The molecular formula is C17H24N2O5S. The average molecular weight is 368 g/mol. The fourth-order valence-corrected chi connectivity index (χ4v) is 4.15. The number of benzene rings is 1. The van der Waals surface area contributed by atoms with Crippen LogP contribution in [0.4, 0.5) is 0 Å². The van der Waals surface area contributed by atoms with Crippen LogP contribution in [-0.2, 0) is 14.8 Å². The Labute approximate surface area is 148 Å². The van der Waals surface area contributed by atoms with Gasteiger partial charge in [-0.2, -0.15) is 0 Å². The summed E-state index contributed by atoms with van der Waals surface area (Å²) in [5.41, 5.74) is -1.20. The third-order valence-electron chi connectivity index (χ3n) is 4.13. The highest BCUT2D eigenvalue weighted by Gasteiger charge is 2.42. The number of nitrogens with zero attached hydrogens (tertiary/aromatic N) is 1. The molecule has 1 aromatic rings. The maximum atomic E-state index is 12.5. The third kappa shape index (κ3) is 4.38. The molecule has 1 aliphatic heterocycles. The number of carboxylic acids is 1. The number of nitrogens with one attached hydrogen (secondary N) is 1. The van der Waals surface area contributed by atoms with E-state index < -0.39 is 26.9 Å². The number of sulfonamides is 1. The van der Waals surface area contributed by atoms with E-state index in [1.165, 1.54) is 29.2 Å². The Hall–Kier alpha value is -1.93. The molecule has 1 heterocycles. The molecule has 1 aliphatic rings. The van der Waals surface area contributed by atoms with Crippen LogP contribution in [0.3, 0.4) is 0 Å². The number of aliphatic carboxylic acids is 1. The number of carboxylic acid groups (broad SMARTS) is 1. The Morgan fingerprint density at radius 1 is 1.20 bits per heavy atom. The zero-order valence-corrected chi connectivity index (χ0v) is 15.7. The van der Waals surface area contributed by atoms with Crippen molar-refractivity contribution in [2.45, 2.75) is 44.6 Å². The van der Waals surface area contributed by atoms with Gasteiger partial charge >= 0.3 is 5.97 Å². The van der Waals surface area contributed by atoms with Crippen molar-refractivity contribution < 1.29 is 23.1 Å². The lowest BCUT2D eigenvalue weighted by atomic mass is 9.90. The Kier molecular flexibility index (Phi) is 4.98. The largest absolute Gasteiger partial charge is 0.481 e. The van der Waals surface area contributed by atoms with E-state index in [-0.39, 0.29) is 17.3 Å². The Morgan fingerprint density at radius 2 is 1.76 bits per heavy atom. The van der Waals surface area contributed by atoms with E-state index in [4.69, 9.17) is 0 Å². The summed E-state index contributed by atoms with van der Waals surface area (Å²) in [5.74, 6) is -1.21. The summed E-state index contributed by atoms with van der Waals surface area (Å²) < 4.78 is 27.1. The van der Waals surface area contributed by atoms with E-state index in [1.807, 2.05) is 0 Å². The summed E-state index contributed by atoms with van der Waals surface area (Å²) in [5, 5.41) is 9.25. The van der Waals surface area contributed by atoms with Crippen molar-refractivity contribution >= 4 is 21.9 Å². The number of amides is 1. The van der Waals surface area contributed by atoms with Crippen LogP contribution in [0.15, 0.2) is 29.2 Å². The molecule has 1 fully saturated rings. The predicted octanol–water partition coefficient (Wildman–Crippen LogP) is 1.70. The topological polar surface area (TPSA) is 104 Å². The van der Waals surface area contributed by atoms with Crippen molar-refractivity contribution in [2.24, 2.45) is 5.41 Å². The zero-order chi connectivity index (χ0) is 19.0. The standard InChI is InChI=1S/C17H24N2O5S/c1-16(2,3)18-25(23,24)13-7-5-12(6-8-13)14(20)19-10-9-17(4,11-19)15(21)22/h5-8,18H,9-11H2,1-4H3,(H,21,22). The first-order chi connectivity index (χ1) is 11.3. The van der Waals surface area contributed by atoms with Crippen molar-refractivity contribution in [3.05, 3.63) is 29.8 Å². The van der Waals surface area contributed by atoms with Crippen LogP contribution in [0.5, 0.6) is 0 Å². The number of likely N-dealkylation sites (tertiary alicyclic amines) is 1. The molecule has 0 bridgehead atoms. The van der Waals surface area contributed by atoms with Gasteiger partial charge in [0, 0.05) is 24.2 Å². The van der Waals surface area contributed by atoms with Gasteiger partial charge in [-0.05, 0) is 58.4 Å². The van der Waals surface area contributed by atoms with Crippen LogP contribution >= 0.6 is 0 Å². The molecule has 25 heavy (non-hydrogen) atoms. The highest BCUT2D eigenvalue weighted by Crippen LogP contribution is 2.31. The van der Waals surface area contributed by atoms with E-state index in [2.05, 4.69) is 4.72 Å². The summed E-state index contributed by atoms with van der Waals surface area (Å²) in [7, 11) is -3.66. The summed E-state index contributed by atoms with van der Waals surface area (Å²) in [6.45, 7) is 7.37. The number of carbonyl (C=O) groups is 2. The molecule has 138 valence electrons. The van der Waals surface area contributed by atoms with Crippen molar-refractivity contribution in [1.82, 2.24) is 9.62 Å². The summed E-state index contributed by atoms with van der Waals surface area (Å²) in [6.07, 6.45) is 0.399. The minimum atomic E-state index is -3.66. The van der Waals surface area contributed by atoms with Gasteiger partial charge in [0.25, 0.3) is 5.91 Å². The van der Waals surface area contributed by atoms with Crippen LogP contribution in [0, 0.1) is 5.41 Å². The molecule has 1 amide bonds. The number of carbonyl (C=O) groups excluding carboxylic acids is 1. The first-order valence-corrected chi connectivity index (χ1v) is 9.49. The van der Waals surface area contributed by atoms with Gasteiger partial charge in [0.15, 0.2) is 0 Å². The first-order valence-electron chi connectivity index (χ1n) is 8.01. The maximum Gasteiger partial charge on any atom is 0.311 e. The lowest BCUT2D eigenvalue weighted by Crippen LogP contribution is -2.40. The zero-order valence-electron chi connectivity index (χ0n) is 14.9. The van der Waals surface area contributed by atoms with Crippen molar-refractivity contribution in [3.8, 4) is 0 Å². The van der Waals surface area contributed by atoms with Gasteiger partial charge in [0.2, 0.25) is 10.0 Å². The number of hydrogen-bond donors (Lipinski definition) is 2. The fraction of sp³-hybridized carbons (Fsp3) is 0.529. The highest BCUT2D eigenvalue weighted by atomic mass is 32.2. The van der Waals surface area contributed by atoms with E-state index in [0.717, 1.165) is 0 Å². The summed E-state index contributed by atoms with van der Waals surface area (Å²) >= 11 is 0.